The number of halogens is 4. The maximum absolute atomic E-state index is 13.7. The second kappa shape index (κ2) is 5.54. The van der Waals surface area contributed by atoms with Crippen LogP contribution in [0.25, 0.3) is 10.4 Å². The van der Waals surface area contributed by atoms with Gasteiger partial charge in [-0.05, 0) is 18.1 Å². The predicted octanol–water partition coefficient (Wildman–Crippen LogP) is 4.63. The van der Waals surface area contributed by atoms with Crippen LogP contribution in [0.3, 0.4) is 0 Å². The van der Waals surface area contributed by atoms with Crippen molar-refractivity contribution in [1.29, 1.82) is 0 Å². The molecule has 2 rings (SSSR count). The molecule has 1 aromatic carbocycles. The van der Waals surface area contributed by atoms with Crippen LogP contribution in [-0.4, -0.2) is 0 Å². The molecule has 1 aromatic heterocycles. The van der Waals surface area contributed by atoms with Gasteiger partial charge in [0.05, 0.1) is 5.56 Å². The van der Waals surface area contributed by atoms with Crippen LogP contribution in [0.15, 0.2) is 18.2 Å². The number of thiophene rings is 1. The Morgan fingerprint density at radius 2 is 1.55 bits per heavy atom. The minimum absolute atomic E-state index is 0.115. The van der Waals surface area contributed by atoms with Crippen LogP contribution in [0.4, 0.5) is 17.6 Å². The molecule has 0 saturated carbocycles. The van der Waals surface area contributed by atoms with Crippen molar-refractivity contribution in [3.05, 3.63) is 46.3 Å². The molecule has 0 saturated heterocycles. The van der Waals surface area contributed by atoms with E-state index in [1.807, 2.05) is 13.8 Å². The largest absolute Gasteiger partial charge is 0.323 e. The SMILES string of the molecule is CC(C)C(N)c1ccc(-c2c(F)c(F)cc(F)c2F)s1. The molecule has 1 unspecified atom stereocenters. The first-order valence-electron chi connectivity index (χ1n) is 6.01. The second-order valence-electron chi connectivity index (χ2n) is 4.81. The fourth-order valence-corrected chi connectivity index (χ4v) is 3.00. The second-order valence-corrected chi connectivity index (χ2v) is 5.93. The van der Waals surface area contributed by atoms with E-state index in [0.29, 0.717) is 4.88 Å². The molecule has 0 aliphatic carbocycles. The highest BCUT2D eigenvalue weighted by molar-refractivity contribution is 7.15. The molecule has 0 bridgehead atoms. The van der Waals surface area contributed by atoms with Crippen molar-refractivity contribution < 1.29 is 17.6 Å². The highest BCUT2D eigenvalue weighted by atomic mass is 32.1. The summed E-state index contributed by atoms with van der Waals surface area (Å²) in [6, 6.07) is 2.94. The lowest BCUT2D eigenvalue weighted by molar-refractivity contribution is 0.458. The molecule has 0 amide bonds. The highest BCUT2D eigenvalue weighted by Crippen LogP contribution is 2.37. The summed E-state index contributed by atoms with van der Waals surface area (Å²) < 4.78 is 53.8. The van der Waals surface area contributed by atoms with Gasteiger partial charge in [0.2, 0.25) is 0 Å². The highest BCUT2D eigenvalue weighted by Gasteiger charge is 2.23. The summed E-state index contributed by atoms with van der Waals surface area (Å²) in [5.74, 6) is -5.48. The van der Waals surface area contributed by atoms with Gasteiger partial charge in [0.15, 0.2) is 23.3 Å². The van der Waals surface area contributed by atoms with Gasteiger partial charge in [0.25, 0.3) is 0 Å². The Bertz CT molecular complexity index is 610. The first-order chi connectivity index (χ1) is 9.32. The van der Waals surface area contributed by atoms with E-state index in [1.54, 1.807) is 6.07 Å². The van der Waals surface area contributed by atoms with Crippen LogP contribution in [0, 0.1) is 29.2 Å². The van der Waals surface area contributed by atoms with Crippen molar-refractivity contribution in [2.75, 3.05) is 0 Å². The zero-order valence-corrected chi connectivity index (χ0v) is 11.7. The molecule has 2 N–H and O–H groups in total. The van der Waals surface area contributed by atoms with Crippen molar-refractivity contribution in [2.24, 2.45) is 11.7 Å². The molecular formula is C14H13F4NS. The summed E-state index contributed by atoms with van der Waals surface area (Å²) in [5, 5.41) is 0. The molecule has 20 heavy (non-hydrogen) atoms. The predicted molar refractivity (Wildman–Crippen MR) is 71.4 cm³/mol. The lowest BCUT2D eigenvalue weighted by Gasteiger charge is -2.13. The molecule has 1 heterocycles. The normalized spacial score (nSPS) is 13.0. The van der Waals surface area contributed by atoms with Gasteiger partial charge in [-0.15, -0.1) is 11.3 Å². The molecule has 1 atom stereocenters. The molecule has 0 aliphatic rings. The molecule has 0 spiro atoms. The topological polar surface area (TPSA) is 26.0 Å². The van der Waals surface area contributed by atoms with Gasteiger partial charge in [0.1, 0.15) is 0 Å². The maximum Gasteiger partial charge on any atom is 0.170 e. The van der Waals surface area contributed by atoms with Gasteiger partial charge in [-0.3, -0.25) is 0 Å². The Balaban J connectivity index is 2.53. The van der Waals surface area contributed by atoms with E-state index in [2.05, 4.69) is 0 Å². The van der Waals surface area contributed by atoms with Crippen LogP contribution < -0.4 is 5.73 Å². The van der Waals surface area contributed by atoms with Gasteiger partial charge in [-0.2, -0.15) is 0 Å². The number of nitrogens with two attached hydrogens (primary N) is 1. The summed E-state index contributed by atoms with van der Waals surface area (Å²) in [5.41, 5.74) is 5.25. The van der Waals surface area contributed by atoms with Crippen molar-refractivity contribution in [2.45, 2.75) is 19.9 Å². The quantitative estimate of drug-likeness (QED) is 0.649. The minimum atomic E-state index is -1.41. The van der Waals surface area contributed by atoms with Gasteiger partial charge in [-0.1, -0.05) is 13.8 Å². The summed E-state index contributed by atoms with van der Waals surface area (Å²) in [7, 11) is 0. The Labute approximate surface area is 118 Å². The van der Waals surface area contributed by atoms with Crippen molar-refractivity contribution in [1.82, 2.24) is 0 Å². The summed E-state index contributed by atoms with van der Waals surface area (Å²) in [4.78, 5) is 0.822. The van der Waals surface area contributed by atoms with Gasteiger partial charge in [0, 0.05) is 21.9 Å². The fraction of sp³-hybridized carbons (Fsp3) is 0.286. The van der Waals surface area contributed by atoms with Gasteiger partial charge in [-0.25, -0.2) is 17.6 Å². The molecule has 0 fully saturated rings. The number of rotatable bonds is 3. The molecule has 108 valence electrons. The Hall–Kier alpha value is -1.40. The number of hydrogen-bond acceptors (Lipinski definition) is 2. The minimum Gasteiger partial charge on any atom is -0.323 e. The first-order valence-corrected chi connectivity index (χ1v) is 6.83. The van der Waals surface area contributed by atoms with Crippen LogP contribution in [0.5, 0.6) is 0 Å². The smallest absolute Gasteiger partial charge is 0.170 e. The van der Waals surface area contributed by atoms with Crippen LogP contribution >= 0.6 is 11.3 Å². The van der Waals surface area contributed by atoms with Gasteiger partial charge >= 0.3 is 0 Å². The third-order valence-electron chi connectivity index (χ3n) is 3.03. The molecule has 0 radical (unpaired) electrons. The molecule has 1 nitrogen and oxygen atoms in total. The molecule has 6 heteroatoms. The van der Waals surface area contributed by atoms with Crippen molar-refractivity contribution in [3.63, 3.8) is 0 Å². The van der Waals surface area contributed by atoms with Crippen LogP contribution in [-0.2, 0) is 0 Å². The standard InChI is InChI=1S/C14H13F4NS/c1-6(2)14(19)10-4-3-9(20-10)11-12(17)7(15)5-8(16)13(11)18/h3-6,14H,19H2,1-2H3. The molecule has 0 aliphatic heterocycles. The molecular weight excluding hydrogens is 290 g/mol. The summed E-state index contributed by atoms with van der Waals surface area (Å²) in [6.07, 6.45) is 0. The zero-order chi connectivity index (χ0) is 15.0. The van der Waals surface area contributed by atoms with E-state index in [-0.39, 0.29) is 22.9 Å². The monoisotopic (exact) mass is 303 g/mol. The van der Waals surface area contributed by atoms with E-state index in [0.717, 1.165) is 11.3 Å². The van der Waals surface area contributed by atoms with E-state index >= 15 is 0 Å². The van der Waals surface area contributed by atoms with E-state index < -0.39 is 28.8 Å². The lowest BCUT2D eigenvalue weighted by Crippen LogP contribution is -2.14. The van der Waals surface area contributed by atoms with Gasteiger partial charge < -0.3 is 5.73 Å². The molecule has 2 aromatic rings. The van der Waals surface area contributed by atoms with Crippen LogP contribution in [0.1, 0.15) is 24.8 Å². The third-order valence-corrected chi connectivity index (χ3v) is 4.24. The van der Waals surface area contributed by atoms with Crippen molar-refractivity contribution in [3.8, 4) is 10.4 Å². The summed E-state index contributed by atoms with van der Waals surface area (Å²) in [6.45, 7) is 3.82. The van der Waals surface area contributed by atoms with Crippen molar-refractivity contribution >= 4 is 11.3 Å². The Morgan fingerprint density at radius 1 is 1.00 bits per heavy atom. The average Bonchev–Trinajstić information content (AvgIpc) is 2.85. The number of benzene rings is 1. The first kappa shape index (κ1) is 15.0. The number of hydrogen-bond donors (Lipinski definition) is 1. The Morgan fingerprint density at radius 3 is 2.05 bits per heavy atom. The van der Waals surface area contributed by atoms with E-state index in [4.69, 9.17) is 5.73 Å². The van der Waals surface area contributed by atoms with E-state index in [1.165, 1.54) is 6.07 Å². The summed E-state index contributed by atoms with van der Waals surface area (Å²) >= 11 is 1.03. The third kappa shape index (κ3) is 2.58. The maximum atomic E-state index is 13.7. The van der Waals surface area contributed by atoms with E-state index in [9.17, 15) is 17.6 Å². The average molecular weight is 303 g/mol. The Kier molecular flexibility index (Phi) is 4.15. The lowest BCUT2D eigenvalue weighted by atomic mass is 10.0. The van der Waals surface area contributed by atoms with Crippen LogP contribution in [0.2, 0.25) is 0 Å². The fourth-order valence-electron chi connectivity index (χ4n) is 1.78. The zero-order valence-electron chi connectivity index (χ0n) is 10.9.